The number of ether oxygens (including phenoxy) is 1. The lowest BCUT2D eigenvalue weighted by Gasteiger charge is -2.36. The molecule has 1 atom stereocenters. The van der Waals surface area contributed by atoms with E-state index in [1.165, 1.54) is 30.3 Å². The van der Waals surface area contributed by atoms with Crippen LogP contribution in [0.2, 0.25) is 0 Å². The molecule has 0 aliphatic carbocycles. The van der Waals surface area contributed by atoms with Gasteiger partial charge in [0, 0.05) is 31.7 Å². The molecule has 11 heteroatoms. The Bertz CT molecular complexity index is 804. The Kier molecular flexibility index (Phi) is 9.49. The number of phenolic OH excluding ortho intramolecular Hbond substituents is 1. The maximum absolute atomic E-state index is 14.2. The third kappa shape index (κ3) is 6.36. The Morgan fingerprint density at radius 1 is 1.03 bits per heavy atom. The van der Waals surface area contributed by atoms with Gasteiger partial charge in [-0.25, -0.2) is 4.39 Å². The van der Waals surface area contributed by atoms with Crippen molar-refractivity contribution in [1.29, 1.82) is 0 Å². The van der Waals surface area contributed by atoms with E-state index in [1.54, 1.807) is 6.07 Å². The molecule has 2 N–H and O–H groups in total. The minimum absolute atomic E-state index is 0. The molecule has 3 rings (SSSR count). The Morgan fingerprint density at radius 3 is 2.17 bits per heavy atom. The first kappa shape index (κ1) is 25.8. The van der Waals surface area contributed by atoms with Crippen molar-refractivity contribution in [3.63, 3.8) is 0 Å². The van der Waals surface area contributed by atoms with Crippen molar-refractivity contribution in [1.82, 2.24) is 10.2 Å². The summed E-state index contributed by atoms with van der Waals surface area (Å²) in [6.45, 7) is 2.71. The number of hydrogen-bond acceptors (Lipinski definition) is 4. The fraction of sp³-hybridized carbons (Fsp3) is 0.333. The largest absolute Gasteiger partial charge is 0.573 e. The van der Waals surface area contributed by atoms with Crippen LogP contribution >= 0.6 is 40.7 Å². The second-order valence-corrected chi connectivity index (χ2v) is 6.96. The van der Waals surface area contributed by atoms with Crippen LogP contribution in [0.4, 0.5) is 17.6 Å². The van der Waals surface area contributed by atoms with Gasteiger partial charge in [-0.1, -0.05) is 18.2 Å². The van der Waals surface area contributed by atoms with Crippen molar-refractivity contribution in [3.05, 3.63) is 57.8 Å². The highest BCUT2D eigenvalue weighted by Crippen LogP contribution is 2.38. The maximum atomic E-state index is 14.2. The Morgan fingerprint density at radius 2 is 1.62 bits per heavy atom. The molecule has 1 aliphatic heterocycles. The van der Waals surface area contributed by atoms with Crippen LogP contribution < -0.4 is 10.1 Å². The van der Waals surface area contributed by atoms with E-state index in [4.69, 9.17) is 0 Å². The molecule has 0 unspecified atom stereocenters. The van der Waals surface area contributed by atoms with E-state index < -0.39 is 24.0 Å². The summed E-state index contributed by atoms with van der Waals surface area (Å²) < 4.78 is 55.4. The van der Waals surface area contributed by atoms with E-state index in [-0.39, 0.29) is 35.0 Å². The quantitative estimate of drug-likeness (QED) is 0.554. The number of nitrogens with one attached hydrogen (secondary N) is 1. The van der Waals surface area contributed by atoms with E-state index in [0.717, 1.165) is 0 Å². The topological polar surface area (TPSA) is 44.7 Å². The zero-order valence-electron chi connectivity index (χ0n) is 14.9. The third-order valence-electron chi connectivity index (χ3n) is 4.34. The van der Waals surface area contributed by atoms with Crippen molar-refractivity contribution in [2.24, 2.45) is 0 Å². The molecular formula is C18H19BrCl2F4N2O2. The van der Waals surface area contributed by atoms with Gasteiger partial charge in [-0.2, -0.15) is 0 Å². The fourth-order valence-electron chi connectivity index (χ4n) is 3.15. The molecule has 162 valence electrons. The number of benzene rings is 2. The van der Waals surface area contributed by atoms with Crippen LogP contribution in [-0.4, -0.2) is 42.5 Å². The first-order valence-corrected chi connectivity index (χ1v) is 9.03. The monoisotopic (exact) mass is 520 g/mol. The first-order chi connectivity index (χ1) is 12.8. The lowest BCUT2D eigenvalue weighted by Crippen LogP contribution is -2.45. The average molecular weight is 522 g/mol. The highest BCUT2D eigenvalue weighted by atomic mass is 79.9. The van der Waals surface area contributed by atoms with E-state index in [1.807, 2.05) is 4.90 Å². The Balaban J connectivity index is 0.00000210. The van der Waals surface area contributed by atoms with Crippen LogP contribution in [-0.2, 0) is 0 Å². The summed E-state index contributed by atoms with van der Waals surface area (Å²) in [4.78, 5) is 2.04. The van der Waals surface area contributed by atoms with Crippen molar-refractivity contribution < 1.29 is 27.4 Å². The number of alkyl halides is 3. The molecule has 1 aliphatic rings. The summed E-state index contributed by atoms with van der Waals surface area (Å²) in [6.07, 6.45) is -4.77. The number of nitrogens with zero attached hydrogens (tertiary/aromatic N) is 1. The zero-order valence-corrected chi connectivity index (χ0v) is 18.1. The molecule has 0 aromatic heterocycles. The lowest BCUT2D eigenvalue weighted by atomic mass is 9.95. The molecule has 0 saturated carbocycles. The fourth-order valence-corrected chi connectivity index (χ4v) is 3.47. The van der Waals surface area contributed by atoms with Crippen molar-refractivity contribution in [2.75, 3.05) is 26.2 Å². The molecule has 1 fully saturated rings. The molecule has 2 aromatic rings. The molecule has 0 bridgehead atoms. The minimum atomic E-state index is -4.77. The van der Waals surface area contributed by atoms with Crippen LogP contribution in [0.25, 0.3) is 0 Å². The van der Waals surface area contributed by atoms with E-state index >= 15 is 0 Å². The summed E-state index contributed by atoms with van der Waals surface area (Å²) in [5, 5.41) is 13.5. The standard InChI is InChI=1S/C18H17BrF4N2O2.2ClH/c19-14-6-5-13(17(26)15(14)20)16(25-9-7-24-8-10-25)11-1-3-12(4-2-11)27-18(21,22)23;;/h1-6,16,24,26H,7-10H2;2*1H/t16-;;/m1../s1. The van der Waals surface area contributed by atoms with Gasteiger partial charge in [0.2, 0.25) is 0 Å². The molecule has 1 heterocycles. The van der Waals surface area contributed by atoms with Gasteiger partial charge >= 0.3 is 6.36 Å². The van der Waals surface area contributed by atoms with Crippen LogP contribution in [0, 0.1) is 5.82 Å². The smallest absolute Gasteiger partial charge is 0.505 e. The summed E-state index contributed by atoms with van der Waals surface area (Å²) >= 11 is 3.04. The second-order valence-electron chi connectivity index (χ2n) is 6.10. The van der Waals surface area contributed by atoms with Gasteiger partial charge in [-0.3, -0.25) is 4.90 Å². The van der Waals surface area contributed by atoms with Crippen LogP contribution in [0.1, 0.15) is 17.2 Å². The first-order valence-electron chi connectivity index (χ1n) is 8.23. The van der Waals surface area contributed by atoms with Crippen LogP contribution in [0.15, 0.2) is 40.9 Å². The molecule has 29 heavy (non-hydrogen) atoms. The molecule has 4 nitrogen and oxygen atoms in total. The predicted octanol–water partition coefficient (Wildman–Crippen LogP) is 5.03. The molecule has 0 spiro atoms. The number of aromatic hydroxyl groups is 1. The average Bonchev–Trinajstić information content (AvgIpc) is 2.63. The number of hydrogen-bond donors (Lipinski definition) is 2. The number of halogens is 7. The molecule has 2 aromatic carbocycles. The maximum Gasteiger partial charge on any atom is 0.573 e. The Hall–Kier alpha value is -1.26. The number of phenols is 1. The van der Waals surface area contributed by atoms with Crippen molar-refractivity contribution in [3.8, 4) is 11.5 Å². The van der Waals surface area contributed by atoms with Crippen LogP contribution in [0.3, 0.4) is 0 Å². The SMILES string of the molecule is Cl.Cl.Oc1c([C@@H](c2ccc(OC(F)(F)F)cc2)N2CCNCC2)ccc(Br)c1F. The van der Waals surface area contributed by atoms with Gasteiger partial charge in [-0.15, -0.1) is 38.0 Å². The van der Waals surface area contributed by atoms with Gasteiger partial charge in [0.25, 0.3) is 0 Å². The van der Waals surface area contributed by atoms with Gasteiger partial charge in [0.15, 0.2) is 11.6 Å². The Labute approximate surface area is 186 Å². The van der Waals surface area contributed by atoms with Gasteiger partial charge in [-0.05, 0) is 39.7 Å². The molecule has 1 saturated heterocycles. The number of rotatable bonds is 4. The predicted molar refractivity (Wildman–Crippen MR) is 110 cm³/mol. The van der Waals surface area contributed by atoms with E-state index in [2.05, 4.69) is 26.0 Å². The molecule has 0 amide bonds. The second kappa shape index (κ2) is 10.7. The highest BCUT2D eigenvalue weighted by molar-refractivity contribution is 9.10. The van der Waals surface area contributed by atoms with Gasteiger partial charge in [0.05, 0.1) is 10.5 Å². The minimum Gasteiger partial charge on any atom is -0.505 e. The lowest BCUT2D eigenvalue weighted by molar-refractivity contribution is -0.274. The van der Waals surface area contributed by atoms with Crippen molar-refractivity contribution in [2.45, 2.75) is 12.4 Å². The van der Waals surface area contributed by atoms with Gasteiger partial charge < -0.3 is 15.2 Å². The number of piperazine rings is 1. The van der Waals surface area contributed by atoms with Crippen LogP contribution in [0.5, 0.6) is 11.5 Å². The summed E-state index contributed by atoms with van der Waals surface area (Å²) in [5.74, 6) is -1.59. The van der Waals surface area contributed by atoms with E-state index in [0.29, 0.717) is 37.3 Å². The van der Waals surface area contributed by atoms with Crippen molar-refractivity contribution >= 4 is 40.7 Å². The van der Waals surface area contributed by atoms with E-state index in [9.17, 15) is 22.7 Å². The molecular weight excluding hydrogens is 503 g/mol. The summed E-state index contributed by atoms with van der Waals surface area (Å²) in [5.41, 5.74) is 0.977. The van der Waals surface area contributed by atoms with Gasteiger partial charge in [0.1, 0.15) is 5.75 Å². The molecule has 0 radical (unpaired) electrons. The summed E-state index contributed by atoms with van der Waals surface area (Å²) in [7, 11) is 0. The normalized spacial score (nSPS) is 15.8. The summed E-state index contributed by atoms with van der Waals surface area (Å²) in [6, 6.07) is 8.01. The zero-order chi connectivity index (χ0) is 19.6. The highest BCUT2D eigenvalue weighted by Gasteiger charge is 2.32. The third-order valence-corrected chi connectivity index (χ3v) is 4.95.